The summed E-state index contributed by atoms with van der Waals surface area (Å²) in [6.07, 6.45) is 0.421. The monoisotopic (exact) mass is 420 g/mol. The molecule has 4 amide bonds. The molecule has 1 N–H and O–H groups in total. The minimum Gasteiger partial charge on any atom is -0.339 e. The van der Waals surface area contributed by atoms with E-state index in [0.29, 0.717) is 19.5 Å². The predicted molar refractivity (Wildman–Crippen MR) is 117 cm³/mol. The average molecular weight is 421 g/mol. The molecule has 2 aromatic carbocycles. The highest BCUT2D eigenvalue weighted by Gasteiger charge is 2.51. The fourth-order valence-electron chi connectivity index (χ4n) is 4.36. The van der Waals surface area contributed by atoms with Crippen molar-refractivity contribution >= 4 is 17.8 Å². The van der Waals surface area contributed by atoms with Crippen LogP contribution in [0.15, 0.2) is 60.7 Å². The van der Waals surface area contributed by atoms with E-state index < -0.39 is 11.6 Å². The Kier molecular flexibility index (Phi) is 6.04. The van der Waals surface area contributed by atoms with Crippen LogP contribution in [0.2, 0.25) is 0 Å². The van der Waals surface area contributed by atoms with Crippen molar-refractivity contribution in [1.29, 1.82) is 0 Å². The molecule has 2 saturated heterocycles. The van der Waals surface area contributed by atoms with Crippen LogP contribution in [0.4, 0.5) is 4.79 Å². The number of nitrogens with one attached hydrogen (secondary N) is 1. The summed E-state index contributed by atoms with van der Waals surface area (Å²) in [5.74, 6) is -0.551. The Bertz CT molecular complexity index is 942. The molecule has 2 fully saturated rings. The van der Waals surface area contributed by atoms with Gasteiger partial charge in [0.1, 0.15) is 12.1 Å². The Balaban J connectivity index is 1.37. The number of imide groups is 1. The van der Waals surface area contributed by atoms with Gasteiger partial charge in [0.05, 0.1) is 0 Å². The van der Waals surface area contributed by atoms with Crippen LogP contribution >= 0.6 is 0 Å². The van der Waals surface area contributed by atoms with Crippen LogP contribution in [-0.2, 0) is 21.7 Å². The van der Waals surface area contributed by atoms with Gasteiger partial charge in [-0.3, -0.25) is 19.4 Å². The quantitative estimate of drug-likeness (QED) is 0.727. The second-order valence-electron chi connectivity index (χ2n) is 8.09. The Hall–Kier alpha value is -3.19. The molecule has 162 valence electrons. The summed E-state index contributed by atoms with van der Waals surface area (Å²) < 4.78 is 0. The first-order valence-electron chi connectivity index (χ1n) is 10.8. The number of benzene rings is 2. The molecule has 7 heteroatoms. The van der Waals surface area contributed by atoms with E-state index in [1.54, 1.807) is 4.90 Å². The van der Waals surface area contributed by atoms with Crippen molar-refractivity contribution in [3.05, 3.63) is 71.8 Å². The maximum Gasteiger partial charge on any atom is 0.325 e. The smallest absolute Gasteiger partial charge is 0.325 e. The zero-order valence-electron chi connectivity index (χ0n) is 17.8. The third kappa shape index (κ3) is 4.18. The van der Waals surface area contributed by atoms with E-state index >= 15 is 0 Å². The molecule has 0 bridgehead atoms. The predicted octanol–water partition coefficient (Wildman–Crippen LogP) is 2.19. The van der Waals surface area contributed by atoms with E-state index in [9.17, 15) is 14.4 Å². The molecule has 2 aromatic rings. The zero-order chi connectivity index (χ0) is 21.8. The summed E-state index contributed by atoms with van der Waals surface area (Å²) in [6.45, 7) is 5.21. The molecule has 7 nitrogen and oxygen atoms in total. The third-order valence-corrected chi connectivity index (χ3v) is 6.24. The number of urea groups is 1. The van der Waals surface area contributed by atoms with E-state index in [4.69, 9.17) is 0 Å². The van der Waals surface area contributed by atoms with Gasteiger partial charge in [-0.2, -0.15) is 0 Å². The van der Waals surface area contributed by atoms with Gasteiger partial charge in [-0.05, 0) is 17.5 Å². The van der Waals surface area contributed by atoms with Crippen LogP contribution in [0.1, 0.15) is 24.5 Å². The van der Waals surface area contributed by atoms with Gasteiger partial charge in [0.25, 0.3) is 5.91 Å². The van der Waals surface area contributed by atoms with E-state index in [0.717, 1.165) is 30.1 Å². The van der Waals surface area contributed by atoms with Crippen LogP contribution in [0.25, 0.3) is 0 Å². The maximum atomic E-state index is 13.2. The van der Waals surface area contributed by atoms with Gasteiger partial charge in [-0.15, -0.1) is 0 Å². The Morgan fingerprint density at radius 2 is 1.55 bits per heavy atom. The lowest BCUT2D eigenvalue weighted by atomic mass is 9.87. The van der Waals surface area contributed by atoms with Crippen molar-refractivity contribution in [2.45, 2.75) is 25.4 Å². The molecule has 4 rings (SSSR count). The molecule has 0 saturated carbocycles. The van der Waals surface area contributed by atoms with Gasteiger partial charge in [0, 0.05) is 32.7 Å². The number of carbonyl (C=O) groups is 3. The third-order valence-electron chi connectivity index (χ3n) is 6.24. The minimum absolute atomic E-state index is 0.192. The number of piperazine rings is 1. The van der Waals surface area contributed by atoms with Crippen LogP contribution in [0.3, 0.4) is 0 Å². The Morgan fingerprint density at radius 3 is 2.16 bits per heavy atom. The number of carbonyl (C=O) groups excluding carboxylic acids is 3. The number of rotatable bonds is 6. The lowest BCUT2D eigenvalue weighted by Gasteiger charge is -2.35. The lowest BCUT2D eigenvalue weighted by Crippen LogP contribution is -2.51. The van der Waals surface area contributed by atoms with E-state index in [-0.39, 0.29) is 18.4 Å². The molecule has 0 radical (unpaired) electrons. The Labute approximate surface area is 182 Å². The molecular weight excluding hydrogens is 392 g/mol. The Morgan fingerprint density at radius 1 is 0.935 bits per heavy atom. The first kappa shape index (κ1) is 21.1. The van der Waals surface area contributed by atoms with E-state index in [1.807, 2.05) is 55.5 Å². The van der Waals surface area contributed by atoms with Gasteiger partial charge in [0.2, 0.25) is 5.91 Å². The second-order valence-corrected chi connectivity index (χ2v) is 8.09. The molecule has 1 atom stereocenters. The molecule has 2 aliphatic heterocycles. The van der Waals surface area contributed by atoms with Crippen molar-refractivity contribution in [3.8, 4) is 0 Å². The van der Waals surface area contributed by atoms with E-state index in [2.05, 4.69) is 22.3 Å². The topological polar surface area (TPSA) is 73.0 Å². The number of hydrogen-bond donors (Lipinski definition) is 1. The summed E-state index contributed by atoms with van der Waals surface area (Å²) in [6, 6.07) is 19.0. The SMILES string of the molecule is CC[C@]1(c2ccccc2)NC(=O)N(CC(=O)N2CCN(Cc3ccccc3)CC2)C1=O. The average Bonchev–Trinajstić information content (AvgIpc) is 3.06. The highest BCUT2D eigenvalue weighted by molar-refractivity contribution is 6.09. The summed E-state index contributed by atoms with van der Waals surface area (Å²) in [4.78, 5) is 43.8. The van der Waals surface area contributed by atoms with Crippen molar-refractivity contribution in [2.75, 3.05) is 32.7 Å². The zero-order valence-corrected chi connectivity index (χ0v) is 17.8. The van der Waals surface area contributed by atoms with Gasteiger partial charge < -0.3 is 10.2 Å². The fourth-order valence-corrected chi connectivity index (χ4v) is 4.36. The highest BCUT2D eigenvalue weighted by atomic mass is 16.2. The molecule has 0 spiro atoms. The van der Waals surface area contributed by atoms with Crippen LogP contribution < -0.4 is 5.32 Å². The molecule has 0 aliphatic carbocycles. The second kappa shape index (κ2) is 8.89. The normalized spacial score (nSPS) is 22.0. The molecule has 2 aliphatic rings. The molecule has 0 aromatic heterocycles. The van der Waals surface area contributed by atoms with Gasteiger partial charge in [0.15, 0.2) is 0 Å². The summed E-state index contributed by atoms with van der Waals surface area (Å²) in [5, 5.41) is 2.83. The van der Waals surface area contributed by atoms with Crippen molar-refractivity contribution in [3.63, 3.8) is 0 Å². The van der Waals surface area contributed by atoms with Crippen LogP contribution in [-0.4, -0.2) is 65.3 Å². The van der Waals surface area contributed by atoms with Crippen LogP contribution in [0, 0.1) is 0 Å². The van der Waals surface area contributed by atoms with Gasteiger partial charge >= 0.3 is 6.03 Å². The minimum atomic E-state index is -1.10. The number of nitrogens with zero attached hydrogens (tertiary/aromatic N) is 3. The standard InChI is InChI=1S/C24H28N4O3/c1-2-24(20-11-7-4-8-12-20)22(30)28(23(31)25-24)18-21(29)27-15-13-26(14-16-27)17-19-9-5-3-6-10-19/h3-12H,2,13-18H2,1H3,(H,25,31)/t24-/m1/s1. The lowest BCUT2D eigenvalue weighted by molar-refractivity contribution is -0.140. The highest BCUT2D eigenvalue weighted by Crippen LogP contribution is 2.32. The molecular formula is C24H28N4O3. The van der Waals surface area contributed by atoms with Crippen molar-refractivity contribution in [2.24, 2.45) is 0 Å². The van der Waals surface area contributed by atoms with Crippen molar-refractivity contribution < 1.29 is 14.4 Å². The number of amides is 4. The van der Waals surface area contributed by atoms with Gasteiger partial charge in [-0.25, -0.2) is 4.79 Å². The summed E-state index contributed by atoms with van der Waals surface area (Å²) in [7, 11) is 0. The molecule has 0 unspecified atom stereocenters. The molecule has 31 heavy (non-hydrogen) atoms. The molecule has 2 heterocycles. The fraction of sp³-hybridized carbons (Fsp3) is 0.375. The largest absolute Gasteiger partial charge is 0.339 e. The van der Waals surface area contributed by atoms with Gasteiger partial charge in [-0.1, -0.05) is 67.6 Å². The maximum absolute atomic E-state index is 13.2. The first-order valence-corrected chi connectivity index (χ1v) is 10.8. The number of hydrogen-bond acceptors (Lipinski definition) is 4. The van der Waals surface area contributed by atoms with Crippen LogP contribution in [0.5, 0.6) is 0 Å². The van der Waals surface area contributed by atoms with E-state index in [1.165, 1.54) is 5.56 Å². The summed E-state index contributed by atoms with van der Waals surface area (Å²) >= 11 is 0. The first-order chi connectivity index (χ1) is 15.0. The summed E-state index contributed by atoms with van der Waals surface area (Å²) in [5.41, 5.74) is 0.881. The van der Waals surface area contributed by atoms with Crippen molar-refractivity contribution in [1.82, 2.24) is 20.0 Å².